The van der Waals surface area contributed by atoms with E-state index in [0.29, 0.717) is 5.69 Å². The standard InChI is InChI=1S/C8H7N5/c1-7-4-5-8(12-11-7)3-2-6-10-13-9/h4-5H,6H2,1H3. The van der Waals surface area contributed by atoms with Crippen LogP contribution in [0.5, 0.6) is 0 Å². The van der Waals surface area contributed by atoms with Gasteiger partial charge in [0.1, 0.15) is 5.69 Å². The van der Waals surface area contributed by atoms with Gasteiger partial charge in [0.2, 0.25) is 0 Å². The molecule has 0 spiro atoms. The van der Waals surface area contributed by atoms with Gasteiger partial charge in [-0.2, -0.15) is 5.10 Å². The number of rotatable bonds is 1. The zero-order valence-electron chi connectivity index (χ0n) is 7.10. The lowest BCUT2D eigenvalue weighted by atomic mass is 10.3. The van der Waals surface area contributed by atoms with Gasteiger partial charge in [0, 0.05) is 4.91 Å². The summed E-state index contributed by atoms with van der Waals surface area (Å²) < 4.78 is 0. The van der Waals surface area contributed by atoms with E-state index in [4.69, 9.17) is 5.53 Å². The zero-order chi connectivity index (χ0) is 9.52. The topological polar surface area (TPSA) is 74.5 Å². The summed E-state index contributed by atoms with van der Waals surface area (Å²) in [6, 6.07) is 3.59. The molecular weight excluding hydrogens is 166 g/mol. The lowest BCUT2D eigenvalue weighted by molar-refractivity contribution is 0.966. The summed E-state index contributed by atoms with van der Waals surface area (Å²) in [5.41, 5.74) is 9.39. The van der Waals surface area contributed by atoms with E-state index in [2.05, 4.69) is 32.1 Å². The number of aryl methyl sites for hydroxylation is 1. The molecule has 0 saturated heterocycles. The quantitative estimate of drug-likeness (QED) is 0.279. The Balaban J connectivity index is 2.66. The summed E-state index contributed by atoms with van der Waals surface area (Å²) in [5.74, 6) is 5.37. The van der Waals surface area contributed by atoms with E-state index in [1.165, 1.54) is 0 Å². The Morgan fingerprint density at radius 3 is 3.00 bits per heavy atom. The molecule has 0 fully saturated rings. The van der Waals surface area contributed by atoms with E-state index in [9.17, 15) is 0 Å². The van der Waals surface area contributed by atoms with Crippen molar-refractivity contribution in [1.82, 2.24) is 10.2 Å². The number of azide groups is 1. The molecule has 0 atom stereocenters. The minimum atomic E-state index is 0.159. The first-order valence-corrected chi connectivity index (χ1v) is 3.63. The van der Waals surface area contributed by atoms with E-state index >= 15 is 0 Å². The van der Waals surface area contributed by atoms with Crippen molar-refractivity contribution in [2.45, 2.75) is 6.92 Å². The molecule has 0 unspecified atom stereocenters. The molecule has 0 amide bonds. The largest absolute Gasteiger partial charge is 0.155 e. The van der Waals surface area contributed by atoms with Gasteiger partial charge in [-0.3, -0.25) is 0 Å². The first-order valence-electron chi connectivity index (χ1n) is 3.63. The van der Waals surface area contributed by atoms with Crippen molar-refractivity contribution in [2.24, 2.45) is 5.11 Å². The Morgan fingerprint density at radius 1 is 1.54 bits per heavy atom. The molecule has 0 bridgehead atoms. The van der Waals surface area contributed by atoms with Gasteiger partial charge in [-0.05, 0) is 30.5 Å². The SMILES string of the molecule is Cc1ccc(C#CCN=[N+]=[N-])nn1. The molecule has 0 aliphatic carbocycles. The van der Waals surface area contributed by atoms with Crippen LogP contribution in [0.25, 0.3) is 10.4 Å². The van der Waals surface area contributed by atoms with Crippen molar-refractivity contribution in [1.29, 1.82) is 0 Å². The van der Waals surface area contributed by atoms with Crippen LogP contribution in [0.15, 0.2) is 17.2 Å². The third-order valence-electron chi connectivity index (χ3n) is 1.23. The maximum absolute atomic E-state index is 7.96. The van der Waals surface area contributed by atoms with E-state index in [-0.39, 0.29) is 6.54 Å². The smallest absolute Gasteiger partial charge is 0.135 e. The van der Waals surface area contributed by atoms with Crippen LogP contribution in [0.3, 0.4) is 0 Å². The van der Waals surface area contributed by atoms with Crippen LogP contribution >= 0.6 is 0 Å². The predicted molar refractivity (Wildman–Crippen MR) is 47.7 cm³/mol. The average molecular weight is 173 g/mol. The molecule has 0 aromatic carbocycles. The fourth-order valence-corrected chi connectivity index (χ4v) is 0.663. The van der Waals surface area contributed by atoms with Crippen LogP contribution in [0.4, 0.5) is 0 Å². The second-order valence-corrected chi connectivity index (χ2v) is 2.25. The Bertz CT molecular complexity index is 377. The summed E-state index contributed by atoms with van der Waals surface area (Å²) in [7, 11) is 0. The first kappa shape index (κ1) is 9.04. The van der Waals surface area contributed by atoms with Gasteiger partial charge in [0.25, 0.3) is 0 Å². The predicted octanol–water partition coefficient (Wildman–Crippen LogP) is 1.45. The molecule has 0 saturated carbocycles. The van der Waals surface area contributed by atoms with Gasteiger partial charge in [-0.1, -0.05) is 11.0 Å². The second-order valence-electron chi connectivity index (χ2n) is 2.25. The minimum absolute atomic E-state index is 0.159. The lowest BCUT2D eigenvalue weighted by Gasteiger charge is -1.88. The van der Waals surface area contributed by atoms with Gasteiger partial charge in [0.05, 0.1) is 12.2 Å². The molecular formula is C8H7N5. The molecule has 0 N–H and O–H groups in total. The van der Waals surface area contributed by atoms with Crippen LogP contribution in [0.2, 0.25) is 0 Å². The number of hydrogen-bond donors (Lipinski definition) is 0. The van der Waals surface area contributed by atoms with Crippen LogP contribution in [-0.2, 0) is 0 Å². The van der Waals surface area contributed by atoms with E-state index in [0.717, 1.165) is 5.69 Å². The molecule has 13 heavy (non-hydrogen) atoms. The highest BCUT2D eigenvalue weighted by Crippen LogP contribution is 1.91. The normalized spacial score (nSPS) is 8.08. The average Bonchev–Trinajstić information content (AvgIpc) is 2.15. The summed E-state index contributed by atoms with van der Waals surface area (Å²) >= 11 is 0. The van der Waals surface area contributed by atoms with Crippen LogP contribution in [0, 0.1) is 18.8 Å². The lowest BCUT2D eigenvalue weighted by Crippen LogP contribution is -1.88. The van der Waals surface area contributed by atoms with Crippen molar-refractivity contribution in [3.63, 3.8) is 0 Å². The summed E-state index contributed by atoms with van der Waals surface area (Å²) in [5, 5.41) is 10.9. The fraction of sp³-hybridized carbons (Fsp3) is 0.250. The van der Waals surface area contributed by atoms with Crippen molar-refractivity contribution in [3.05, 3.63) is 34.0 Å². The molecule has 1 aromatic rings. The molecule has 0 radical (unpaired) electrons. The fourth-order valence-electron chi connectivity index (χ4n) is 0.663. The Kier molecular flexibility index (Phi) is 3.31. The zero-order valence-corrected chi connectivity index (χ0v) is 7.10. The van der Waals surface area contributed by atoms with E-state index < -0.39 is 0 Å². The monoisotopic (exact) mass is 173 g/mol. The highest BCUT2D eigenvalue weighted by atomic mass is 15.1. The van der Waals surface area contributed by atoms with Crippen LogP contribution in [0.1, 0.15) is 11.4 Å². The van der Waals surface area contributed by atoms with Gasteiger partial charge in [-0.25, -0.2) is 0 Å². The van der Waals surface area contributed by atoms with Crippen molar-refractivity contribution in [2.75, 3.05) is 6.54 Å². The second kappa shape index (κ2) is 4.75. The Hall–Kier alpha value is -2.05. The van der Waals surface area contributed by atoms with Crippen molar-refractivity contribution < 1.29 is 0 Å². The van der Waals surface area contributed by atoms with Crippen LogP contribution in [-0.4, -0.2) is 16.7 Å². The highest BCUT2D eigenvalue weighted by molar-refractivity contribution is 5.26. The highest BCUT2D eigenvalue weighted by Gasteiger charge is 1.87. The third-order valence-corrected chi connectivity index (χ3v) is 1.23. The van der Waals surface area contributed by atoms with Crippen molar-refractivity contribution in [3.8, 4) is 11.8 Å². The molecule has 0 aliphatic heterocycles. The molecule has 1 aromatic heterocycles. The number of nitrogens with zero attached hydrogens (tertiary/aromatic N) is 5. The molecule has 1 heterocycles. The Morgan fingerprint density at radius 2 is 2.38 bits per heavy atom. The van der Waals surface area contributed by atoms with Gasteiger partial charge >= 0.3 is 0 Å². The molecule has 64 valence electrons. The third kappa shape index (κ3) is 3.23. The molecule has 5 nitrogen and oxygen atoms in total. The molecule has 1 rings (SSSR count). The molecule has 5 heteroatoms. The Labute approximate surface area is 75.4 Å². The maximum atomic E-state index is 7.96. The maximum Gasteiger partial charge on any atom is 0.135 e. The van der Waals surface area contributed by atoms with E-state index in [1.54, 1.807) is 6.07 Å². The summed E-state index contributed by atoms with van der Waals surface area (Å²) in [6.45, 7) is 2.01. The van der Waals surface area contributed by atoms with Crippen LogP contribution < -0.4 is 0 Å². The summed E-state index contributed by atoms with van der Waals surface area (Å²) in [4.78, 5) is 2.57. The number of hydrogen-bond acceptors (Lipinski definition) is 3. The summed E-state index contributed by atoms with van der Waals surface area (Å²) in [6.07, 6.45) is 0. The minimum Gasteiger partial charge on any atom is -0.155 e. The molecule has 0 aliphatic rings. The van der Waals surface area contributed by atoms with Gasteiger partial charge in [-0.15, -0.1) is 5.10 Å². The first-order chi connectivity index (χ1) is 6.33. The van der Waals surface area contributed by atoms with Gasteiger partial charge in [0.15, 0.2) is 0 Å². The van der Waals surface area contributed by atoms with E-state index in [1.807, 2.05) is 13.0 Å². The van der Waals surface area contributed by atoms with Crippen molar-refractivity contribution >= 4 is 0 Å². The van der Waals surface area contributed by atoms with Gasteiger partial charge < -0.3 is 0 Å². The number of aromatic nitrogens is 2.